The maximum Gasteiger partial charge on any atom is 0.240 e. The van der Waals surface area contributed by atoms with Crippen molar-refractivity contribution in [3.05, 3.63) is 0 Å². The molecule has 0 aliphatic carbocycles. The number of alkyl halides is 1. The Balaban J connectivity index is 1.91. The highest BCUT2D eigenvalue weighted by atomic mass is 35.5. The van der Waals surface area contributed by atoms with Gasteiger partial charge in [-0.15, -0.1) is 11.6 Å². The smallest absolute Gasteiger partial charge is 0.240 e. The average Bonchev–Trinajstić information content (AvgIpc) is 2.88. The van der Waals surface area contributed by atoms with E-state index in [2.05, 4.69) is 0 Å². The molecule has 23 heavy (non-hydrogen) atoms. The van der Waals surface area contributed by atoms with Crippen LogP contribution in [0, 0.1) is 5.92 Å². The van der Waals surface area contributed by atoms with Gasteiger partial charge in [0.15, 0.2) is 0 Å². The lowest BCUT2D eigenvalue weighted by Crippen LogP contribution is -2.53. The Bertz CT molecular complexity index is 493. The SMILES string of the molecule is CC(Cl)C(=O)N1CCN(C(=O)C2CC(=O)N(C(C)(C)C)C2)CC1. The lowest BCUT2D eigenvalue weighted by molar-refractivity contribution is -0.141. The van der Waals surface area contributed by atoms with Crippen LogP contribution in [0.25, 0.3) is 0 Å². The Hall–Kier alpha value is -1.30. The lowest BCUT2D eigenvalue weighted by Gasteiger charge is -2.36. The molecule has 2 aliphatic heterocycles. The monoisotopic (exact) mass is 343 g/mol. The van der Waals surface area contributed by atoms with Crippen LogP contribution in [-0.2, 0) is 14.4 Å². The van der Waals surface area contributed by atoms with Crippen LogP contribution in [0.4, 0.5) is 0 Å². The number of hydrogen-bond donors (Lipinski definition) is 0. The van der Waals surface area contributed by atoms with Crippen molar-refractivity contribution in [1.29, 1.82) is 0 Å². The number of likely N-dealkylation sites (tertiary alicyclic amines) is 1. The molecule has 0 saturated carbocycles. The number of carbonyl (C=O) groups excluding carboxylic acids is 3. The summed E-state index contributed by atoms with van der Waals surface area (Å²) in [6, 6.07) is 0. The van der Waals surface area contributed by atoms with E-state index in [-0.39, 0.29) is 35.6 Å². The molecule has 0 aromatic rings. The maximum atomic E-state index is 12.6. The van der Waals surface area contributed by atoms with Gasteiger partial charge in [-0.2, -0.15) is 0 Å². The molecule has 130 valence electrons. The molecule has 2 unspecified atom stereocenters. The predicted octanol–water partition coefficient (Wildman–Crippen LogP) is 0.931. The zero-order valence-electron chi connectivity index (χ0n) is 14.3. The van der Waals surface area contributed by atoms with Crippen molar-refractivity contribution < 1.29 is 14.4 Å². The van der Waals surface area contributed by atoms with Crippen LogP contribution < -0.4 is 0 Å². The molecule has 0 aromatic carbocycles. The molecule has 0 bridgehead atoms. The number of piperazine rings is 1. The fourth-order valence-electron chi connectivity index (χ4n) is 3.18. The van der Waals surface area contributed by atoms with Gasteiger partial charge >= 0.3 is 0 Å². The molecule has 3 amide bonds. The Kier molecular flexibility index (Phi) is 5.23. The van der Waals surface area contributed by atoms with E-state index >= 15 is 0 Å². The van der Waals surface area contributed by atoms with Crippen molar-refractivity contribution in [1.82, 2.24) is 14.7 Å². The molecule has 0 aromatic heterocycles. The minimum atomic E-state index is -0.537. The second kappa shape index (κ2) is 6.67. The van der Waals surface area contributed by atoms with Gasteiger partial charge in [-0.05, 0) is 27.7 Å². The van der Waals surface area contributed by atoms with Crippen LogP contribution in [-0.4, -0.2) is 76.1 Å². The zero-order chi connectivity index (χ0) is 17.4. The number of hydrogen-bond acceptors (Lipinski definition) is 3. The molecule has 2 atom stereocenters. The lowest BCUT2D eigenvalue weighted by atomic mass is 10.1. The van der Waals surface area contributed by atoms with Gasteiger partial charge in [0.2, 0.25) is 17.7 Å². The van der Waals surface area contributed by atoms with Crippen molar-refractivity contribution in [3.8, 4) is 0 Å². The maximum absolute atomic E-state index is 12.6. The first-order valence-corrected chi connectivity index (χ1v) is 8.57. The van der Waals surface area contributed by atoms with Crippen molar-refractivity contribution in [2.24, 2.45) is 5.92 Å². The minimum Gasteiger partial charge on any atom is -0.339 e. The predicted molar refractivity (Wildman–Crippen MR) is 88.0 cm³/mol. The molecule has 2 fully saturated rings. The van der Waals surface area contributed by atoms with Crippen LogP contribution in [0.2, 0.25) is 0 Å². The molecular formula is C16H26ClN3O3. The fraction of sp³-hybridized carbons (Fsp3) is 0.812. The first-order valence-electron chi connectivity index (χ1n) is 8.13. The third kappa shape index (κ3) is 3.97. The molecule has 2 saturated heterocycles. The second-order valence-corrected chi connectivity index (χ2v) is 8.00. The summed E-state index contributed by atoms with van der Waals surface area (Å²) in [5, 5.41) is -0.537. The summed E-state index contributed by atoms with van der Waals surface area (Å²) in [6.45, 7) is 10.1. The van der Waals surface area contributed by atoms with Crippen LogP contribution in [0.1, 0.15) is 34.1 Å². The summed E-state index contributed by atoms with van der Waals surface area (Å²) in [4.78, 5) is 41.9. The standard InChI is InChI=1S/C16H26ClN3O3/c1-11(17)14(22)18-5-7-19(8-6-18)15(23)12-9-13(21)20(10-12)16(2,3)4/h11-12H,5-10H2,1-4H3. The normalized spacial score (nSPS) is 24.1. The first kappa shape index (κ1) is 18.0. The molecule has 2 heterocycles. The van der Waals surface area contributed by atoms with Gasteiger partial charge in [-0.3, -0.25) is 14.4 Å². The van der Waals surface area contributed by atoms with Gasteiger partial charge in [-0.25, -0.2) is 0 Å². The van der Waals surface area contributed by atoms with E-state index in [1.165, 1.54) is 0 Å². The van der Waals surface area contributed by atoms with Gasteiger partial charge in [0.1, 0.15) is 5.38 Å². The summed E-state index contributed by atoms with van der Waals surface area (Å²) >= 11 is 5.82. The van der Waals surface area contributed by atoms with E-state index < -0.39 is 5.38 Å². The summed E-state index contributed by atoms with van der Waals surface area (Å²) in [5.41, 5.74) is -0.256. The van der Waals surface area contributed by atoms with Crippen LogP contribution in [0.3, 0.4) is 0 Å². The van der Waals surface area contributed by atoms with Gasteiger partial charge in [-0.1, -0.05) is 0 Å². The van der Waals surface area contributed by atoms with Crippen LogP contribution in [0.15, 0.2) is 0 Å². The second-order valence-electron chi connectivity index (χ2n) is 7.34. The highest BCUT2D eigenvalue weighted by Crippen LogP contribution is 2.27. The molecule has 0 radical (unpaired) electrons. The quantitative estimate of drug-likeness (QED) is 0.701. The first-order chi connectivity index (χ1) is 10.6. The summed E-state index contributed by atoms with van der Waals surface area (Å²) in [6.07, 6.45) is 0.286. The third-order valence-electron chi connectivity index (χ3n) is 4.53. The highest BCUT2D eigenvalue weighted by Gasteiger charge is 2.41. The van der Waals surface area contributed by atoms with Crippen molar-refractivity contribution in [3.63, 3.8) is 0 Å². The van der Waals surface area contributed by atoms with E-state index in [4.69, 9.17) is 11.6 Å². The molecule has 0 spiro atoms. The number of halogens is 1. The molecule has 6 nitrogen and oxygen atoms in total. The third-order valence-corrected chi connectivity index (χ3v) is 4.71. The Labute approximate surface area is 142 Å². The van der Waals surface area contributed by atoms with E-state index in [9.17, 15) is 14.4 Å². The zero-order valence-corrected chi connectivity index (χ0v) is 15.1. The van der Waals surface area contributed by atoms with Gasteiger partial charge in [0.25, 0.3) is 0 Å². The average molecular weight is 344 g/mol. The van der Waals surface area contributed by atoms with Crippen LogP contribution in [0.5, 0.6) is 0 Å². The molecule has 0 N–H and O–H groups in total. The van der Waals surface area contributed by atoms with Crippen molar-refractivity contribution in [2.45, 2.75) is 45.0 Å². The van der Waals surface area contributed by atoms with E-state index in [1.807, 2.05) is 20.8 Å². The van der Waals surface area contributed by atoms with Gasteiger partial charge < -0.3 is 14.7 Å². The van der Waals surface area contributed by atoms with Gasteiger partial charge in [0.05, 0.1) is 5.92 Å². The van der Waals surface area contributed by atoms with Crippen molar-refractivity contribution >= 4 is 29.3 Å². The number of amides is 3. The number of rotatable bonds is 2. The van der Waals surface area contributed by atoms with Gasteiger partial charge in [0, 0.05) is 44.7 Å². The molecule has 7 heteroatoms. The minimum absolute atomic E-state index is 0.0242. The Morgan fingerprint density at radius 3 is 2.09 bits per heavy atom. The van der Waals surface area contributed by atoms with E-state index in [1.54, 1.807) is 21.6 Å². The highest BCUT2D eigenvalue weighted by molar-refractivity contribution is 6.30. The topological polar surface area (TPSA) is 60.9 Å². The summed E-state index contributed by atoms with van der Waals surface area (Å²) in [5.74, 6) is -0.290. The Morgan fingerprint density at radius 2 is 1.65 bits per heavy atom. The molecule has 2 aliphatic rings. The molecular weight excluding hydrogens is 318 g/mol. The molecule has 2 rings (SSSR count). The number of nitrogens with zero attached hydrogens (tertiary/aromatic N) is 3. The van der Waals surface area contributed by atoms with E-state index in [0.717, 1.165) is 0 Å². The number of carbonyl (C=O) groups is 3. The van der Waals surface area contributed by atoms with Crippen LogP contribution >= 0.6 is 11.6 Å². The fourth-order valence-corrected chi connectivity index (χ4v) is 3.32. The summed E-state index contributed by atoms with van der Waals surface area (Å²) in [7, 11) is 0. The largest absolute Gasteiger partial charge is 0.339 e. The Morgan fingerprint density at radius 1 is 1.13 bits per heavy atom. The summed E-state index contributed by atoms with van der Waals surface area (Å²) < 4.78 is 0. The van der Waals surface area contributed by atoms with Crippen molar-refractivity contribution in [2.75, 3.05) is 32.7 Å². The van der Waals surface area contributed by atoms with E-state index in [0.29, 0.717) is 32.7 Å².